The Kier molecular flexibility index (Phi) is 5.82. The third-order valence-corrected chi connectivity index (χ3v) is 4.62. The summed E-state index contributed by atoms with van der Waals surface area (Å²) >= 11 is 0. The van der Waals surface area contributed by atoms with E-state index in [1.807, 2.05) is 18.7 Å². The summed E-state index contributed by atoms with van der Waals surface area (Å²) in [6.07, 6.45) is 0.889. The number of rotatable bonds is 5. The predicted octanol–water partition coefficient (Wildman–Crippen LogP) is 1.86. The molecule has 0 aromatic heterocycles. The van der Waals surface area contributed by atoms with Crippen molar-refractivity contribution < 1.29 is 13.9 Å². The van der Waals surface area contributed by atoms with Gasteiger partial charge in [-0.15, -0.1) is 0 Å². The molecule has 0 saturated carbocycles. The number of hydrogen-bond donors (Lipinski definition) is 1. The van der Waals surface area contributed by atoms with Crippen molar-refractivity contribution in [3.63, 3.8) is 0 Å². The first kappa shape index (κ1) is 17.5. The van der Waals surface area contributed by atoms with Gasteiger partial charge in [-0.1, -0.05) is 20.3 Å². The lowest BCUT2D eigenvalue weighted by Gasteiger charge is -2.38. The van der Waals surface area contributed by atoms with Crippen molar-refractivity contribution in [1.29, 1.82) is 0 Å². The standard InChI is InChI=1S/C17H26FN3O2/c1-4-12(2)16(19)17(22)21-9-7-20(8-10-21)14-6-5-13(18)11-15(14)23-3/h5-6,11-12,16H,4,7-10,19H2,1-3H3. The van der Waals surface area contributed by atoms with E-state index >= 15 is 0 Å². The number of benzene rings is 1. The summed E-state index contributed by atoms with van der Waals surface area (Å²) < 4.78 is 18.6. The Balaban J connectivity index is 2.00. The van der Waals surface area contributed by atoms with Crippen molar-refractivity contribution in [3.8, 4) is 5.75 Å². The molecule has 2 unspecified atom stereocenters. The van der Waals surface area contributed by atoms with Crippen molar-refractivity contribution in [2.24, 2.45) is 11.7 Å². The minimum atomic E-state index is -0.438. The zero-order chi connectivity index (χ0) is 17.0. The van der Waals surface area contributed by atoms with Gasteiger partial charge in [0.15, 0.2) is 0 Å². The second kappa shape index (κ2) is 7.64. The Morgan fingerprint density at radius 3 is 2.57 bits per heavy atom. The van der Waals surface area contributed by atoms with E-state index in [2.05, 4.69) is 4.90 Å². The summed E-state index contributed by atoms with van der Waals surface area (Å²) in [5.74, 6) is 0.391. The van der Waals surface area contributed by atoms with Gasteiger partial charge in [-0.2, -0.15) is 0 Å². The van der Waals surface area contributed by atoms with Gasteiger partial charge in [0.2, 0.25) is 5.91 Å². The van der Waals surface area contributed by atoms with Crippen molar-refractivity contribution in [3.05, 3.63) is 24.0 Å². The summed E-state index contributed by atoms with van der Waals surface area (Å²) in [7, 11) is 1.53. The molecule has 2 N–H and O–H groups in total. The van der Waals surface area contributed by atoms with Crippen LogP contribution in [-0.2, 0) is 4.79 Å². The third-order valence-electron chi connectivity index (χ3n) is 4.62. The molecule has 1 aromatic rings. The van der Waals surface area contributed by atoms with Crippen LogP contribution in [0.4, 0.5) is 10.1 Å². The van der Waals surface area contributed by atoms with Crippen LogP contribution in [0.5, 0.6) is 5.75 Å². The lowest BCUT2D eigenvalue weighted by atomic mass is 9.98. The Labute approximate surface area is 137 Å². The summed E-state index contributed by atoms with van der Waals surface area (Å²) in [6, 6.07) is 4.09. The van der Waals surface area contributed by atoms with Crippen molar-refractivity contribution in [2.45, 2.75) is 26.3 Å². The van der Waals surface area contributed by atoms with Gasteiger partial charge in [0, 0.05) is 32.2 Å². The van der Waals surface area contributed by atoms with Crippen LogP contribution >= 0.6 is 0 Å². The van der Waals surface area contributed by atoms with E-state index in [1.54, 1.807) is 6.07 Å². The van der Waals surface area contributed by atoms with Crippen LogP contribution in [0.1, 0.15) is 20.3 Å². The molecule has 1 fully saturated rings. The number of anilines is 1. The zero-order valence-electron chi connectivity index (χ0n) is 14.1. The number of hydrogen-bond acceptors (Lipinski definition) is 4. The normalized spacial score (nSPS) is 17.8. The molecule has 0 aliphatic carbocycles. The van der Waals surface area contributed by atoms with Crippen LogP contribution in [-0.4, -0.2) is 50.1 Å². The lowest BCUT2D eigenvalue weighted by Crippen LogP contribution is -2.54. The Bertz CT molecular complexity index is 545. The number of ether oxygens (including phenoxy) is 1. The molecule has 128 valence electrons. The fourth-order valence-corrected chi connectivity index (χ4v) is 2.79. The number of halogens is 1. The molecule has 1 aromatic carbocycles. The molecule has 0 radical (unpaired) electrons. The summed E-state index contributed by atoms with van der Waals surface area (Å²) in [6.45, 7) is 6.63. The maximum Gasteiger partial charge on any atom is 0.239 e. The maximum absolute atomic E-state index is 13.3. The third kappa shape index (κ3) is 3.93. The van der Waals surface area contributed by atoms with E-state index in [-0.39, 0.29) is 17.6 Å². The van der Waals surface area contributed by atoms with E-state index in [1.165, 1.54) is 19.2 Å². The SMILES string of the molecule is CCC(C)C(N)C(=O)N1CCN(c2ccc(F)cc2OC)CC1. The molecular weight excluding hydrogens is 297 g/mol. The summed E-state index contributed by atoms with van der Waals surface area (Å²) in [4.78, 5) is 16.3. The highest BCUT2D eigenvalue weighted by molar-refractivity contribution is 5.82. The minimum Gasteiger partial charge on any atom is -0.494 e. The van der Waals surface area contributed by atoms with E-state index in [4.69, 9.17) is 10.5 Å². The Hall–Kier alpha value is -1.82. The first-order chi connectivity index (χ1) is 11.0. The van der Waals surface area contributed by atoms with Crippen LogP contribution in [0.25, 0.3) is 0 Å². The van der Waals surface area contributed by atoms with Gasteiger partial charge in [-0.05, 0) is 18.1 Å². The highest BCUT2D eigenvalue weighted by Gasteiger charge is 2.28. The second-order valence-electron chi connectivity index (χ2n) is 6.04. The monoisotopic (exact) mass is 323 g/mol. The van der Waals surface area contributed by atoms with Crippen LogP contribution in [0, 0.1) is 11.7 Å². The smallest absolute Gasteiger partial charge is 0.239 e. The van der Waals surface area contributed by atoms with Crippen molar-refractivity contribution >= 4 is 11.6 Å². The molecule has 1 saturated heterocycles. The molecule has 2 rings (SSSR count). The molecule has 6 heteroatoms. The largest absolute Gasteiger partial charge is 0.494 e. The highest BCUT2D eigenvalue weighted by atomic mass is 19.1. The van der Waals surface area contributed by atoms with Gasteiger partial charge in [0.05, 0.1) is 18.8 Å². The average Bonchev–Trinajstić information content (AvgIpc) is 2.59. The molecule has 23 heavy (non-hydrogen) atoms. The van der Waals surface area contributed by atoms with E-state index < -0.39 is 6.04 Å². The number of nitrogens with zero attached hydrogens (tertiary/aromatic N) is 2. The highest BCUT2D eigenvalue weighted by Crippen LogP contribution is 2.29. The quantitative estimate of drug-likeness (QED) is 0.898. The molecule has 1 aliphatic heterocycles. The van der Waals surface area contributed by atoms with Gasteiger partial charge in [0.1, 0.15) is 11.6 Å². The summed E-state index contributed by atoms with van der Waals surface area (Å²) in [5.41, 5.74) is 6.90. The number of carbonyl (C=O) groups is 1. The van der Waals surface area contributed by atoms with E-state index in [0.717, 1.165) is 12.1 Å². The fourth-order valence-electron chi connectivity index (χ4n) is 2.79. The first-order valence-corrected chi connectivity index (χ1v) is 8.10. The summed E-state index contributed by atoms with van der Waals surface area (Å²) in [5, 5.41) is 0. The van der Waals surface area contributed by atoms with Crippen molar-refractivity contribution in [2.75, 3.05) is 38.2 Å². The van der Waals surface area contributed by atoms with Crippen molar-refractivity contribution in [1.82, 2.24) is 4.90 Å². The Morgan fingerprint density at radius 2 is 2.00 bits per heavy atom. The van der Waals surface area contributed by atoms with E-state index in [0.29, 0.717) is 31.9 Å². The molecule has 1 amide bonds. The van der Waals surface area contributed by atoms with Crippen LogP contribution < -0.4 is 15.4 Å². The number of carbonyl (C=O) groups excluding carboxylic acids is 1. The molecule has 0 bridgehead atoms. The lowest BCUT2D eigenvalue weighted by molar-refractivity contribution is -0.134. The zero-order valence-corrected chi connectivity index (χ0v) is 14.1. The predicted molar refractivity (Wildman–Crippen MR) is 89.2 cm³/mol. The van der Waals surface area contributed by atoms with E-state index in [9.17, 15) is 9.18 Å². The number of nitrogens with two attached hydrogens (primary N) is 1. The number of piperazine rings is 1. The molecule has 1 heterocycles. The van der Waals surface area contributed by atoms with Gasteiger partial charge >= 0.3 is 0 Å². The van der Waals surface area contributed by atoms with Crippen LogP contribution in [0.3, 0.4) is 0 Å². The number of amides is 1. The average molecular weight is 323 g/mol. The molecule has 5 nitrogen and oxygen atoms in total. The first-order valence-electron chi connectivity index (χ1n) is 8.10. The molecule has 1 aliphatic rings. The number of methoxy groups -OCH3 is 1. The van der Waals surface area contributed by atoms with Gasteiger partial charge in [-0.25, -0.2) is 4.39 Å². The van der Waals surface area contributed by atoms with Gasteiger partial charge < -0.3 is 20.3 Å². The van der Waals surface area contributed by atoms with Gasteiger partial charge in [0.25, 0.3) is 0 Å². The fraction of sp³-hybridized carbons (Fsp3) is 0.588. The molecule has 2 atom stereocenters. The van der Waals surface area contributed by atoms with Crippen LogP contribution in [0.2, 0.25) is 0 Å². The topological polar surface area (TPSA) is 58.8 Å². The second-order valence-corrected chi connectivity index (χ2v) is 6.04. The molecule has 0 spiro atoms. The molecular formula is C17H26FN3O2. The Morgan fingerprint density at radius 1 is 1.35 bits per heavy atom. The minimum absolute atomic E-state index is 0.0186. The van der Waals surface area contributed by atoms with Gasteiger partial charge in [-0.3, -0.25) is 4.79 Å². The van der Waals surface area contributed by atoms with Crippen LogP contribution in [0.15, 0.2) is 18.2 Å². The maximum atomic E-state index is 13.3.